The number of aromatic nitrogens is 1. The Balaban J connectivity index is 2.09. The van der Waals surface area contributed by atoms with Crippen molar-refractivity contribution in [2.45, 2.75) is 32.5 Å². The molecule has 0 saturated carbocycles. The maximum Gasteiger partial charge on any atom is 0.435 e. The number of nitrogen functional groups attached to an aromatic ring is 1. The normalized spacial score (nSPS) is 16.2. The Morgan fingerprint density at radius 3 is 2.25 bits per heavy atom. The number of amides is 1. The minimum absolute atomic E-state index is 0.0273. The molecular weight excluding hydrogens is 325 g/mol. The quantitative estimate of drug-likeness (QED) is 0.847. The Hall–Kier alpha value is -2.19. The van der Waals surface area contributed by atoms with Crippen LogP contribution in [-0.4, -0.2) is 47.8 Å². The van der Waals surface area contributed by atoms with Gasteiger partial charge in [-0.3, -0.25) is 0 Å². The fraction of sp³-hybridized carbons (Fsp3) is 0.600. The van der Waals surface area contributed by atoms with E-state index in [1.807, 2.05) is 0 Å². The predicted octanol–water partition coefficient (Wildman–Crippen LogP) is 2.74. The lowest BCUT2D eigenvalue weighted by Crippen LogP contribution is -2.50. The molecule has 2 N–H and O–H groups in total. The SMILES string of the molecule is CC(C)(C)OC(=O)N1CCN(c2ccc(N)nc2C(F)(F)F)CC1. The van der Waals surface area contributed by atoms with Crippen LogP contribution in [0.2, 0.25) is 0 Å². The van der Waals surface area contributed by atoms with Crippen LogP contribution in [0.3, 0.4) is 0 Å². The van der Waals surface area contributed by atoms with Crippen LogP contribution >= 0.6 is 0 Å². The molecule has 6 nitrogen and oxygen atoms in total. The highest BCUT2D eigenvalue weighted by Crippen LogP contribution is 2.36. The first kappa shape index (κ1) is 18.2. The van der Waals surface area contributed by atoms with Gasteiger partial charge < -0.3 is 20.3 Å². The molecule has 1 aliphatic heterocycles. The molecule has 1 aromatic heterocycles. The molecular formula is C15H21F3N4O2. The van der Waals surface area contributed by atoms with Crippen molar-refractivity contribution in [3.63, 3.8) is 0 Å². The van der Waals surface area contributed by atoms with Crippen LogP contribution in [0.4, 0.5) is 29.5 Å². The number of nitrogens with two attached hydrogens (primary N) is 1. The number of halogens is 3. The van der Waals surface area contributed by atoms with Crippen molar-refractivity contribution < 1.29 is 22.7 Å². The van der Waals surface area contributed by atoms with E-state index in [1.54, 1.807) is 25.7 Å². The number of piperazine rings is 1. The van der Waals surface area contributed by atoms with Gasteiger partial charge in [0.05, 0.1) is 5.69 Å². The lowest BCUT2D eigenvalue weighted by atomic mass is 10.2. The molecule has 1 aromatic rings. The number of hydrogen-bond acceptors (Lipinski definition) is 5. The molecule has 0 spiro atoms. The van der Waals surface area contributed by atoms with Gasteiger partial charge in [0.15, 0.2) is 5.69 Å². The molecule has 0 atom stereocenters. The number of rotatable bonds is 1. The van der Waals surface area contributed by atoms with E-state index in [4.69, 9.17) is 10.5 Å². The molecule has 1 saturated heterocycles. The van der Waals surface area contributed by atoms with Crippen molar-refractivity contribution in [3.8, 4) is 0 Å². The highest BCUT2D eigenvalue weighted by Gasteiger charge is 2.38. The molecule has 2 heterocycles. The second-order valence-corrected chi connectivity index (χ2v) is 6.56. The van der Waals surface area contributed by atoms with Crippen LogP contribution in [0.15, 0.2) is 12.1 Å². The zero-order valence-electron chi connectivity index (χ0n) is 13.9. The lowest BCUT2D eigenvalue weighted by molar-refractivity contribution is -0.140. The standard InChI is InChI=1S/C15H21F3N4O2/c1-14(2,3)24-13(23)22-8-6-21(7-9-22)10-4-5-11(19)20-12(10)15(16,17)18/h4-5H,6-9H2,1-3H3,(H2,19,20). The third-order valence-electron chi connectivity index (χ3n) is 3.44. The van der Waals surface area contributed by atoms with E-state index < -0.39 is 23.6 Å². The number of nitrogens with zero attached hydrogens (tertiary/aromatic N) is 3. The zero-order valence-corrected chi connectivity index (χ0v) is 13.9. The number of carbonyl (C=O) groups excluding carboxylic acids is 1. The smallest absolute Gasteiger partial charge is 0.435 e. The van der Waals surface area contributed by atoms with Crippen molar-refractivity contribution in [2.24, 2.45) is 0 Å². The molecule has 2 rings (SSSR count). The summed E-state index contributed by atoms with van der Waals surface area (Å²) in [7, 11) is 0. The van der Waals surface area contributed by atoms with Crippen molar-refractivity contribution in [1.29, 1.82) is 0 Å². The van der Waals surface area contributed by atoms with Gasteiger partial charge in [-0.15, -0.1) is 0 Å². The summed E-state index contributed by atoms with van der Waals surface area (Å²) in [6.07, 6.45) is -5.05. The van der Waals surface area contributed by atoms with Crippen LogP contribution in [0.25, 0.3) is 0 Å². The van der Waals surface area contributed by atoms with Crippen LogP contribution in [0, 0.1) is 0 Å². The van der Waals surface area contributed by atoms with Crippen LogP contribution in [-0.2, 0) is 10.9 Å². The summed E-state index contributed by atoms with van der Waals surface area (Å²) in [5.74, 6) is -0.182. The van der Waals surface area contributed by atoms with Gasteiger partial charge in [0, 0.05) is 26.2 Å². The Kier molecular flexibility index (Phi) is 4.82. The van der Waals surface area contributed by atoms with E-state index in [0.717, 1.165) is 0 Å². The van der Waals surface area contributed by atoms with Crippen molar-refractivity contribution in [2.75, 3.05) is 36.8 Å². The summed E-state index contributed by atoms with van der Waals surface area (Å²) >= 11 is 0. The highest BCUT2D eigenvalue weighted by molar-refractivity contribution is 5.69. The molecule has 1 amide bonds. The largest absolute Gasteiger partial charge is 0.444 e. The van der Waals surface area contributed by atoms with Crippen molar-refractivity contribution in [3.05, 3.63) is 17.8 Å². The van der Waals surface area contributed by atoms with E-state index >= 15 is 0 Å². The summed E-state index contributed by atoms with van der Waals surface area (Å²) in [5, 5.41) is 0. The third-order valence-corrected chi connectivity index (χ3v) is 3.44. The molecule has 0 unspecified atom stereocenters. The van der Waals surface area contributed by atoms with E-state index in [0.29, 0.717) is 0 Å². The first-order chi connectivity index (χ1) is 11.0. The fourth-order valence-corrected chi connectivity index (χ4v) is 2.39. The summed E-state index contributed by atoms with van der Waals surface area (Å²) in [5.41, 5.74) is 3.73. The molecule has 0 aromatic carbocycles. The first-order valence-electron chi connectivity index (χ1n) is 7.54. The van der Waals surface area contributed by atoms with Crippen LogP contribution in [0.5, 0.6) is 0 Å². The van der Waals surface area contributed by atoms with Crippen LogP contribution < -0.4 is 10.6 Å². The average molecular weight is 346 g/mol. The molecule has 1 aliphatic rings. The maximum absolute atomic E-state index is 13.1. The Morgan fingerprint density at radius 2 is 1.75 bits per heavy atom. The third kappa shape index (κ3) is 4.42. The van der Waals surface area contributed by atoms with Gasteiger partial charge in [-0.05, 0) is 32.9 Å². The summed E-state index contributed by atoms with van der Waals surface area (Å²) in [4.78, 5) is 18.5. The average Bonchev–Trinajstić information content (AvgIpc) is 2.44. The monoisotopic (exact) mass is 346 g/mol. The zero-order chi connectivity index (χ0) is 18.1. The van der Waals surface area contributed by atoms with Gasteiger partial charge in [0.25, 0.3) is 0 Å². The number of anilines is 2. The molecule has 24 heavy (non-hydrogen) atoms. The second kappa shape index (κ2) is 6.37. The van der Waals surface area contributed by atoms with E-state index in [2.05, 4.69) is 4.98 Å². The number of hydrogen-bond donors (Lipinski definition) is 1. The number of pyridine rings is 1. The summed E-state index contributed by atoms with van der Waals surface area (Å²) in [6, 6.07) is 2.65. The van der Waals surface area contributed by atoms with Crippen molar-refractivity contribution in [1.82, 2.24) is 9.88 Å². The molecule has 1 fully saturated rings. The van der Waals surface area contributed by atoms with Crippen molar-refractivity contribution >= 4 is 17.6 Å². The summed E-state index contributed by atoms with van der Waals surface area (Å²) in [6.45, 7) is 6.35. The van der Waals surface area contributed by atoms with Gasteiger partial charge >= 0.3 is 12.3 Å². The lowest BCUT2D eigenvalue weighted by Gasteiger charge is -2.37. The van der Waals surface area contributed by atoms with Gasteiger partial charge in [-0.2, -0.15) is 13.2 Å². The van der Waals surface area contributed by atoms with E-state index in [1.165, 1.54) is 17.0 Å². The summed E-state index contributed by atoms with van der Waals surface area (Å²) < 4.78 is 44.7. The fourth-order valence-electron chi connectivity index (χ4n) is 2.39. The number of carbonyl (C=O) groups is 1. The van der Waals surface area contributed by atoms with Gasteiger partial charge in [-0.25, -0.2) is 9.78 Å². The van der Waals surface area contributed by atoms with E-state index in [9.17, 15) is 18.0 Å². The molecule has 0 bridgehead atoms. The Labute approximate surface area is 138 Å². The second-order valence-electron chi connectivity index (χ2n) is 6.56. The first-order valence-corrected chi connectivity index (χ1v) is 7.54. The predicted molar refractivity (Wildman–Crippen MR) is 83.7 cm³/mol. The van der Waals surface area contributed by atoms with Crippen LogP contribution in [0.1, 0.15) is 26.5 Å². The molecule has 0 radical (unpaired) electrons. The Bertz CT molecular complexity index is 606. The topological polar surface area (TPSA) is 71.7 Å². The van der Waals surface area contributed by atoms with Gasteiger partial charge in [0.1, 0.15) is 11.4 Å². The molecule has 9 heteroatoms. The number of ether oxygens (including phenoxy) is 1. The minimum atomic E-state index is -4.59. The number of alkyl halides is 3. The van der Waals surface area contributed by atoms with Gasteiger partial charge in [-0.1, -0.05) is 0 Å². The highest BCUT2D eigenvalue weighted by atomic mass is 19.4. The Morgan fingerprint density at radius 1 is 1.17 bits per heavy atom. The molecule has 134 valence electrons. The van der Waals surface area contributed by atoms with Gasteiger partial charge in [0.2, 0.25) is 0 Å². The molecule has 0 aliphatic carbocycles. The minimum Gasteiger partial charge on any atom is -0.444 e. The maximum atomic E-state index is 13.1. The van der Waals surface area contributed by atoms with E-state index in [-0.39, 0.29) is 37.7 Å².